The Balaban J connectivity index is 1.78. The number of hydrogen-bond acceptors (Lipinski definition) is 4. The van der Waals surface area contributed by atoms with E-state index < -0.39 is 0 Å². The van der Waals surface area contributed by atoms with Crippen molar-refractivity contribution in [3.05, 3.63) is 23.3 Å². The number of ether oxygens (including phenoxy) is 2. The lowest BCUT2D eigenvalue weighted by Crippen LogP contribution is -2.41. The van der Waals surface area contributed by atoms with Crippen LogP contribution < -0.4 is 15.2 Å². The van der Waals surface area contributed by atoms with Crippen molar-refractivity contribution in [1.82, 2.24) is 4.90 Å². The Morgan fingerprint density at radius 1 is 1.22 bits per heavy atom. The van der Waals surface area contributed by atoms with E-state index in [1.807, 2.05) is 17.0 Å². The van der Waals surface area contributed by atoms with Gasteiger partial charge in [0.2, 0.25) is 5.91 Å². The van der Waals surface area contributed by atoms with Gasteiger partial charge in [-0.2, -0.15) is 0 Å². The van der Waals surface area contributed by atoms with Crippen molar-refractivity contribution in [2.24, 2.45) is 17.6 Å². The van der Waals surface area contributed by atoms with Gasteiger partial charge in [-0.25, -0.2) is 0 Å². The summed E-state index contributed by atoms with van der Waals surface area (Å²) in [5.74, 6) is 2.22. The number of nitrogens with zero attached hydrogens (tertiary/aromatic N) is 1. The van der Waals surface area contributed by atoms with Gasteiger partial charge in [-0.15, -0.1) is 0 Å². The molecule has 2 atom stereocenters. The average Bonchev–Trinajstić information content (AvgIpc) is 3.07. The van der Waals surface area contributed by atoms with Gasteiger partial charge in [0.15, 0.2) is 11.5 Å². The number of hydrogen-bond donors (Lipinski definition) is 1. The number of methoxy groups -OCH3 is 2. The molecule has 0 unspecified atom stereocenters. The molecule has 1 aliphatic heterocycles. The van der Waals surface area contributed by atoms with E-state index in [9.17, 15) is 4.79 Å². The molecular weight excluding hydrogens is 292 g/mol. The van der Waals surface area contributed by atoms with Gasteiger partial charge in [0, 0.05) is 19.0 Å². The lowest BCUT2D eigenvalue weighted by Gasteiger charge is -2.32. The molecule has 23 heavy (non-hydrogen) atoms. The molecule has 126 valence electrons. The number of carbonyl (C=O) groups is 1. The normalized spacial score (nSPS) is 23.5. The number of carbonyl (C=O) groups excluding carboxylic acids is 1. The first-order valence-electron chi connectivity index (χ1n) is 8.40. The highest BCUT2D eigenvalue weighted by molar-refractivity contribution is 5.80. The Hall–Kier alpha value is -1.75. The van der Waals surface area contributed by atoms with Gasteiger partial charge >= 0.3 is 0 Å². The van der Waals surface area contributed by atoms with E-state index in [1.165, 1.54) is 5.56 Å². The van der Waals surface area contributed by atoms with Gasteiger partial charge < -0.3 is 20.1 Å². The lowest BCUT2D eigenvalue weighted by molar-refractivity contribution is -0.137. The summed E-state index contributed by atoms with van der Waals surface area (Å²) in [7, 11) is 3.29. The zero-order chi connectivity index (χ0) is 16.4. The molecule has 1 amide bonds. The smallest absolute Gasteiger partial charge is 0.226 e. The van der Waals surface area contributed by atoms with Gasteiger partial charge in [0.05, 0.1) is 14.2 Å². The Morgan fingerprint density at radius 2 is 1.91 bits per heavy atom. The highest BCUT2D eigenvalue weighted by Crippen LogP contribution is 2.36. The van der Waals surface area contributed by atoms with E-state index >= 15 is 0 Å². The first kappa shape index (κ1) is 16.1. The van der Waals surface area contributed by atoms with Crippen LogP contribution in [0.1, 0.15) is 30.4 Å². The summed E-state index contributed by atoms with van der Waals surface area (Å²) in [5, 5.41) is 0. The van der Waals surface area contributed by atoms with Crippen molar-refractivity contribution in [3.8, 4) is 11.5 Å². The predicted octanol–water partition coefficient (Wildman–Crippen LogP) is 1.96. The minimum atomic E-state index is 0.113. The maximum Gasteiger partial charge on any atom is 0.226 e. The molecule has 1 aliphatic carbocycles. The maximum absolute atomic E-state index is 12.9. The molecule has 1 fully saturated rings. The van der Waals surface area contributed by atoms with Crippen LogP contribution in [0, 0.1) is 11.8 Å². The van der Waals surface area contributed by atoms with E-state index in [0.29, 0.717) is 19.0 Å². The maximum atomic E-state index is 12.9. The Bertz CT molecular complexity index is 588. The van der Waals surface area contributed by atoms with Gasteiger partial charge in [0.1, 0.15) is 0 Å². The summed E-state index contributed by atoms with van der Waals surface area (Å²) < 4.78 is 10.8. The molecule has 0 saturated heterocycles. The summed E-state index contributed by atoms with van der Waals surface area (Å²) in [6, 6.07) is 4.04. The van der Waals surface area contributed by atoms with Gasteiger partial charge in [-0.05, 0) is 55.0 Å². The minimum absolute atomic E-state index is 0.113. The molecule has 1 aromatic rings. The minimum Gasteiger partial charge on any atom is -0.493 e. The second-order valence-corrected chi connectivity index (χ2v) is 6.52. The number of amides is 1. The van der Waals surface area contributed by atoms with Gasteiger partial charge in [-0.3, -0.25) is 4.79 Å². The van der Waals surface area contributed by atoms with E-state index in [4.69, 9.17) is 15.2 Å². The van der Waals surface area contributed by atoms with Crippen LogP contribution in [0.3, 0.4) is 0 Å². The third kappa shape index (κ3) is 3.02. The standard InChI is InChI=1S/C18H26N2O3/c1-22-16-8-12-6-7-20(11-14(12)9-17(16)23-2)18(21)15-5-3-4-13(15)10-19/h8-9,13,15H,3-7,10-11,19H2,1-2H3/t13-,15-/m1/s1. The second kappa shape index (κ2) is 6.79. The molecule has 1 aromatic carbocycles. The Kier molecular flexibility index (Phi) is 4.76. The Labute approximate surface area is 137 Å². The van der Waals surface area contributed by atoms with Crippen molar-refractivity contribution in [2.75, 3.05) is 27.3 Å². The fourth-order valence-corrected chi connectivity index (χ4v) is 3.95. The van der Waals surface area contributed by atoms with Crippen LogP contribution in [-0.4, -0.2) is 38.1 Å². The lowest BCUT2D eigenvalue weighted by atomic mass is 9.92. The molecule has 0 aromatic heterocycles. The number of benzene rings is 1. The van der Waals surface area contributed by atoms with Crippen molar-refractivity contribution >= 4 is 5.91 Å². The monoisotopic (exact) mass is 318 g/mol. The second-order valence-electron chi connectivity index (χ2n) is 6.52. The molecule has 1 saturated carbocycles. The molecule has 1 heterocycles. The van der Waals surface area contributed by atoms with Crippen molar-refractivity contribution in [2.45, 2.75) is 32.2 Å². The molecule has 2 aliphatic rings. The number of nitrogens with two attached hydrogens (primary N) is 1. The SMILES string of the molecule is COc1cc2c(cc1OC)CN(C(=O)[C@@H]1CCC[C@@H]1CN)CC2. The van der Waals surface area contributed by atoms with Crippen LogP contribution in [0.25, 0.3) is 0 Å². The van der Waals surface area contributed by atoms with E-state index in [0.717, 1.165) is 49.3 Å². The summed E-state index contributed by atoms with van der Waals surface area (Å²) in [4.78, 5) is 14.9. The highest BCUT2D eigenvalue weighted by atomic mass is 16.5. The van der Waals surface area contributed by atoms with Crippen LogP contribution in [0.5, 0.6) is 11.5 Å². The third-order valence-electron chi connectivity index (χ3n) is 5.31. The molecular formula is C18H26N2O3. The fraction of sp³-hybridized carbons (Fsp3) is 0.611. The zero-order valence-corrected chi connectivity index (χ0v) is 14.0. The molecule has 0 bridgehead atoms. The molecule has 2 N–H and O–H groups in total. The predicted molar refractivity (Wildman–Crippen MR) is 88.6 cm³/mol. The highest BCUT2D eigenvalue weighted by Gasteiger charge is 2.35. The molecule has 5 heteroatoms. The van der Waals surface area contributed by atoms with Gasteiger partial charge in [0.25, 0.3) is 0 Å². The summed E-state index contributed by atoms with van der Waals surface area (Å²) >= 11 is 0. The molecule has 3 rings (SSSR count). The molecule has 5 nitrogen and oxygen atoms in total. The van der Waals surface area contributed by atoms with E-state index in [-0.39, 0.29) is 11.8 Å². The van der Waals surface area contributed by atoms with Crippen molar-refractivity contribution in [1.29, 1.82) is 0 Å². The van der Waals surface area contributed by atoms with Crippen LogP contribution >= 0.6 is 0 Å². The average molecular weight is 318 g/mol. The molecule has 0 radical (unpaired) electrons. The van der Waals surface area contributed by atoms with Crippen LogP contribution in [0.2, 0.25) is 0 Å². The fourth-order valence-electron chi connectivity index (χ4n) is 3.95. The third-order valence-corrected chi connectivity index (χ3v) is 5.31. The first-order valence-corrected chi connectivity index (χ1v) is 8.40. The van der Waals surface area contributed by atoms with E-state index in [2.05, 4.69) is 0 Å². The van der Waals surface area contributed by atoms with Crippen molar-refractivity contribution in [3.63, 3.8) is 0 Å². The largest absolute Gasteiger partial charge is 0.493 e. The topological polar surface area (TPSA) is 64.8 Å². The van der Waals surface area contributed by atoms with Gasteiger partial charge in [-0.1, -0.05) is 6.42 Å². The van der Waals surface area contributed by atoms with E-state index in [1.54, 1.807) is 14.2 Å². The van der Waals surface area contributed by atoms with Crippen LogP contribution in [0.15, 0.2) is 12.1 Å². The molecule has 0 spiro atoms. The number of fused-ring (bicyclic) bond motifs is 1. The summed E-state index contributed by atoms with van der Waals surface area (Å²) in [6.45, 7) is 2.04. The van der Waals surface area contributed by atoms with Crippen LogP contribution in [0.4, 0.5) is 0 Å². The zero-order valence-electron chi connectivity index (χ0n) is 14.0. The first-order chi connectivity index (χ1) is 11.2. The Morgan fingerprint density at radius 3 is 2.57 bits per heavy atom. The number of rotatable bonds is 4. The summed E-state index contributed by atoms with van der Waals surface area (Å²) in [5.41, 5.74) is 8.24. The quantitative estimate of drug-likeness (QED) is 0.922. The van der Waals surface area contributed by atoms with Crippen molar-refractivity contribution < 1.29 is 14.3 Å². The summed E-state index contributed by atoms with van der Waals surface area (Å²) in [6.07, 6.45) is 4.05. The van der Waals surface area contributed by atoms with Crippen LogP contribution in [-0.2, 0) is 17.8 Å².